The van der Waals surface area contributed by atoms with Crippen molar-refractivity contribution in [1.82, 2.24) is 14.5 Å². The van der Waals surface area contributed by atoms with Crippen molar-refractivity contribution in [3.63, 3.8) is 0 Å². The Labute approximate surface area is 185 Å². The number of aromatic nitrogens is 3. The van der Waals surface area contributed by atoms with Crippen LogP contribution in [0.2, 0.25) is 0 Å². The van der Waals surface area contributed by atoms with Gasteiger partial charge in [-0.15, -0.1) is 0 Å². The number of fused-ring (bicyclic) bond motifs is 1. The van der Waals surface area contributed by atoms with Crippen molar-refractivity contribution in [3.8, 4) is 0 Å². The molecular weight excluding hydrogens is 422 g/mol. The molecule has 10 nitrogen and oxygen atoms in total. The number of imidazole rings is 1. The molecule has 0 saturated carbocycles. The summed E-state index contributed by atoms with van der Waals surface area (Å²) in [5, 5.41) is 33.3. The lowest BCUT2D eigenvalue weighted by Crippen LogP contribution is -2.33. The minimum atomic E-state index is -1.12. The summed E-state index contributed by atoms with van der Waals surface area (Å²) in [5.41, 5.74) is 6.94. The molecule has 1 fully saturated rings. The van der Waals surface area contributed by atoms with Gasteiger partial charge in [-0.05, 0) is 31.1 Å². The minimum absolute atomic E-state index is 0.286. The van der Waals surface area contributed by atoms with Crippen LogP contribution in [0.1, 0.15) is 39.3 Å². The Balaban J connectivity index is 1.69. The van der Waals surface area contributed by atoms with Gasteiger partial charge in [0.1, 0.15) is 23.8 Å². The quantitative estimate of drug-likeness (QED) is 0.313. The van der Waals surface area contributed by atoms with Crippen molar-refractivity contribution in [2.24, 2.45) is 5.73 Å². The third kappa shape index (κ3) is 5.29. The number of carboxylic acids is 1. The lowest BCUT2D eigenvalue weighted by molar-refractivity contribution is -0.138. The smallest absolute Gasteiger partial charge is 0.320 e. The van der Waals surface area contributed by atoms with Crippen molar-refractivity contribution in [1.29, 1.82) is 0 Å². The number of hydrogen-bond donors (Lipinski definition) is 5. The first-order valence-corrected chi connectivity index (χ1v) is 11.7. The standard InChI is InChI=1S/C20H31N5O5S/c1-3-11(4-2)24-18-15-13(5-7-22-18)25(10-23-15)19-17(27)16(26)14(30-19)9-31-8-6-12(21)20(28)29/h5,7,10-12,14,16-17,19,26-27H,3-4,6,8-9,21H2,1-2H3,(H,22,24)(H,28,29). The van der Waals surface area contributed by atoms with E-state index in [-0.39, 0.29) is 6.04 Å². The van der Waals surface area contributed by atoms with Crippen LogP contribution in [0.5, 0.6) is 0 Å². The molecule has 31 heavy (non-hydrogen) atoms. The highest BCUT2D eigenvalue weighted by atomic mass is 32.2. The number of hydrogen-bond acceptors (Lipinski definition) is 9. The summed E-state index contributed by atoms with van der Waals surface area (Å²) in [7, 11) is 0. The predicted octanol–water partition coefficient (Wildman–Crippen LogP) is 1.19. The molecule has 3 heterocycles. The number of anilines is 1. The van der Waals surface area contributed by atoms with Crippen molar-refractivity contribution in [2.75, 3.05) is 16.8 Å². The van der Waals surface area contributed by atoms with Crippen molar-refractivity contribution in [3.05, 3.63) is 18.6 Å². The van der Waals surface area contributed by atoms with E-state index in [0.717, 1.165) is 18.4 Å². The molecule has 0 aliphatic carbocycles. The summed E-state index contributed by atoms with van der Waals surface area (Å²) in [6.45, 7) is 4.22. The molecule has 11 heteroatoms. The summed E-state index contributed by atoms with van der Waals surface area (Å²) < 4.78 is 7.69. The first-order valence-electron chi connectivity index (χ1n) is 10.5. The molecule has 2 aromatic heterocycles. The monoisotopic (exact) mass is 453 g/mol. The number of pyridine rings is 1. The van der Waals surface area contributed by atoms with Crippen molar-refractivity contribution < 1.29 is 24.9 Å². The zero-order chi connectivity index (χ0) is 22.5. The maximum atomic E-state index is 10.8. The van der Waals surface area contributed by atoms with E-state index >= 15 is 0 Å². The minimum Gasteiger partial charge on any atom is -0.480 e. The Hall–Kier alpha value is -1.92. The zero-order valence-corrected chi connectivity index (χ0v) is 18.5. The lowest BCUT2D eigenvalue weighted by Gasteiger charge is -2.18. The van der Waals surface area contributed by atoms with Gasteiger partial charge in [-0.25, -0.2) is 9.97 Å². The van der Waals surface area contributed by atoms with Crippen LogP contribution in [-0.4, -0.2) is 77.7 Å². The summed E-state index contributed by atoms with van der Waals surface area (Å²) in [6, 6.07) is 1.18. The van der Waals surface area contributed by atoms with Crippen LogP contribution >= 0.6 is 11.8 Å². The fraction of sp³-hybridized carbons (Fsp3) is 0.650. The normalized spacial score (nSPS) is 24.7. The van der Waals surface area contributed by atoms with Crippen LogP contribution in [0.4, 0.5) is 5.82 Å². The molecule has 0 bridgehead atoms. The first-order chi connectivity index (χ1) is 14.9. The van der Waals surface area contributed by atoms with Gasteiger partial charge in [-0.1, -0.05) is 13.8 Å². The van der Waals surface area contributed by atoms with E-state index in [1.54, 1.807) is 23.2 Å². The van der Waals surface area contributed by atoms with E-state index < -0.39 is 36.6 Å². The fourth-order valence-electron chi connectivity index (χ4n) is 3.59. The molecule has 0 aromatic carbocycles. The molecule has 1 aliphatic heterocycles. The van der Waals surface area contributed by atoms with Crippen molar-refractivity contribution in [2.45, 2.75) is 69.7 Å². The van der Waals surface area contributed by atoms with Gasteiger partial charge in [-0.3, -0.25) is 4.79 Å². The number of nitrogens with two attached hydrogens (primary N) is 1. The number of rotatable bonds is 11. The van der Waals surface area contributed by atoms with Gasteiger partial charge in [0.05, 0.1) is 17.9 Å². The summed E-state index contributed by atoms with van der Waals surface area (Å²) in [4.78, 5) is 19.7. The molecule has 0 amide bonds. The topological polar surface area (TPSA) is 156 Å². The number of carboxylic acid groups (broad SMARTS) is 1. The van der Waals surface area contributed by atoms with E-state index in [0.29, 0.717) is 29.3 Å². The van der Waals surface area contributed by atoms with Crippen LogP contribution in [0.3, 0.4) is 0 Å². The maximum absolute atomic E-state index is 10.8. The van der Waals surface area contributed by atoms with Gasteiger partial charge in [0.25, 0.3) is 0 Å². The highest BCUT2D eigenvalue weighted by Gasteiger charge is 2.44. The predicted molar refractivity (Wildman–Crippen MR) is 119 cm³/mol. The average Bonchev–Trinajstić information content (AvgIpc) is 3.31. The van der Waals surface area contributed by atoms with E-state index in [1.807, 2.05) is 0 Å². The molecule has 3 rings (SSSR count). The van der Waals surface area contributed by atoms with E-state index in [4.69, 9.17) is 15.6 Å². The molecular formula is C20H31N5O5S. The number of carbonyl (C=O) groups is 1. The number of aliphatic carboxylic acids is 1. The molecule has 0 spiro atoms. The average molecular weight is 454 g/mol. The number of nitrogens with zero attached hydrogens (tertiary/aromatic N) is 3. The second kappa shape index (κ2) is 10.6. The largest absolute Gasteiger partial charge is 0.480 e. The summed E-state index contributed by atoms with van der Waals surface area (Å²) in [6.07, 6.45) is 1.96. The molecule has 1 saturated heterocycles. The molecule has 5 unspecified atom stereocenters. The number of aliphatic hydroxyl groups is 2. The third-order valence-corrected chi connectivity index (χ3v) is 6.69. The Morgan fingerprint density at radius 3 is 2.74 bits per heavy atom. The van der Waals surface area contributed by atoms with E-state index in [2.05, 4.69) is 29.1 Å². The number of ether oxygens (including phenoxy) is 1. The highest BCUT2D eigenvalue weighted by Crippen LogP contribution is 2.34. The maximum Gasteiger partial charge on any atom is 0.320 e. The molecule has 5 atom stereocenters. The van der Waals surface area contributed by atoms with Gasteiger partial charge in [0.2, 0.25) is 0 Å². The second-order valence-corrected chi connectivity index (χ2v) is 8.84. The van der Waals surface area contributed by atoms with Gasteiger partial charge in [0.15, 0.2) is 12.0 Å². The Kier molecular flexibility index (Phi) is 8.11. The number of thioether (sulfide) groups is 1. The Morgan fingerprint density at radius 1 is 1.32 bits per heavy atom. The summed E-state index contributed by atoms with van der Waals surface area (Å²) >= 11 is 1.43. The molecule has 0 radical (unpaired) electrons. The van der Waals surface area contributed by atoms with Gasteiger partial charge >= 0.3 is 5.97 Å². The molecule has 172 valence electrons. The van der Waals surface area contributed by atoms with E-state index in [9.17, 15) is 15.0 Å². The highest BCUT2D eigenvalue weighted by molar-refractivity contribution is 7.99. The van der Waals surface area contributed by atoms with E-state index in [1.165, 1.54) is 11.8 Å². The van der Waals surface area contributed by atoms with Gasteiger partial charge in [-0.2, -0.15) is 11.8 Å². The number of nitrogens with one attached hydrogen (secondary N) is 1. The van der Waals surface area contributed by atoms with Crippen molar-refractivity contribution >= 4 is 34.6 Å². The van der Waals surface area contributed by atoms with Crippen LogP contribution < -0.4 is 11.1 Å². The summed E-state index contributed by atoms with van der Waals surface area (Å²) in [5.74, 6) is 0.579. The van der Waals surface area contributed by atoms with Gasteiger partial charge in [0, 0.05) is 18.0 Å². The number of aliphatic hydroxyl groups excluding tert-OH is 2. The van der Waals surface area contributed by atoms with Crippen LogP contribution in [0.15, 0.2) is 18.6 Å². The lowest BCUT2D eigenvalue weighted by atomic mass is 10.1. The third-order valence-electron chi connectivity index (χ3n) is 5.60. The molecule has 6 N–H and O–H groups in total. The fourth-order valence-corrected chi connectivity index (χ4v) is 4.68. The molecule has 2 aromatic rings. The Bertz CT molecular complexity index is 877. The van der Waals surface area contributed by atoms with Gasteiger partial charge < -0.3 is 35.7 Å². The second-order valence-electron chi connectivity index (χ2n) is 7.69. The van der Waals surface area contributed by atoms with Crippen LogP contribution in [0, 0.1) is 0 Å². The van der Waals surface area contributed by atoms with Crippen LogP contribution in [-0.2, 0) is 9.53 Å². The zero-order valence-electron chi connectivity index (χ0n) is 17.7. The first kappa shape index (κ1) is 23.7. The Morgan fingerprint density at radius 2 is 2.06 bits per heavy atom. The van der Waals surface area contributed by atoms with Crippen LogP contribution in [0.25, 0.3) is 11.0 Å². The SMILES string of the molecule is CCC(CC)Nc1nccc2c1ncn2C1OC(CSCCC(N)C(=O)O)C(O)C1O. The molecule has 1 aliphatic rings.